The third kappa shape index (κ3) is 4.64. The molecule has 8 nitrogen and oxygen atoms in total. The Balaban J connectivity index is 2.39. The molecule has 2 amide bonds. The van der Waals surface area contributed by atoms with Crippen LogP contribution in [0.25, 0.3) is 0 Å². The normalized spacial score (nSPS) is 16.4. The van der Waals surface area contributed by atoms with Crippen LogP contribution in [0.5, 0.6) is 17.2 Å². The first kappa shape index (κ1) is 20.4. The minimum absolute atomic E-state index is 0.159. The number of benzene rings is 1. The number of rotatable bonds is 8. The van der Waals surface area contributed by atoms with Crippen molar-refractivity contribution in [2.75, 3.05) is 20.8 Å². The number of nitrogens with one attached hydrogen (secondary N) is 2. The lowest BCUT2D eigenvalue weighted by molar-refractivity contribution is -0.139. The molecule has 3 N–H and O–H groups in total. The monoisotopic (exact) mass is 378 g/mol. The Labute approximate surface area is 158 Å². The number of allylic oxidation sites excluding steroid dienone is 1. The minimum Gasteiger partial charge on any atom is -0.502 e. The Morgan fingerprint density at radius 2 is 1.81 bits per heavy atom. The van der Waals surface area contributed by atoms with Crippen molar-refractivity contribution in [2.24, 2.45) is 0 Å². The smallest absolute Gasteiger partial charge is 0.338 e. The van der Waals surface area contributed by atoms with Gasteiger partial charge in [-0.15, -0.1) is 0 Å². The molecule has 0 bridgehead atoms. The van der Waals surface area contributed by atoms with Gasteiger partial charge in [-0.25, -0.2) is 9.59 Å². The van der Waals surface area contributed by atoms with Gasteiger partial charge >= 0.3 is 12.0 Å². The lowest BCUT2D eigenvalue weighted by Gasteiger charge is -2.28. The topological polar surface area (TPSA) is 106 Å². The van der Waals surface area contributed by atoms with Crippen molar-refractivity contribution >= 4 is 12.0 Å². The number of phenols is 1. The van der Waals surface area contributed by atoms with Crippen molar-refractivity contribution in [3.63, 3.8) is 0 Å². The summed E-state index contributed by atoms with van der Waals surface area (Å²) in [7, 11) is 2.81. The first-order chi connectivity index (χ1) is 12.9. The Bertz CT molecular complexity index is 719. The van der Waals surface area contributed by atoms with E-state index in [9.17, 15) is 14.7 Å². The zero-order valence-corrected chi connectivity index (χ0v) is 16.0. The number of esters is 1. The lowest BCUT2D eigenvalue weighted by atomic mass is 9.95. The zero-order valence-electron chi connectivity index (χ0n) is 16.0. The maximum absolute atomic E-state index is 12.7. The van der Waals surface area contributed by atoms with E-state index in [4.69, 9.17) is 14.2 Å². The lowest BCUT2D eigenvalue weighted by Crippen LogP contribution is -2.45. The Morgan fingerprint density at radius 1 is 1.19 bits per heavy atom. The average Bonchev–Trinajstić information content (AvgIpc) is 2.64. The molecule has 0 spiro atoms. The first-order valence-corrected chi connectivity index (χ1v) is 8.83. The van der Waals surface area contributed by atoms with Crippen LogP contribution in [0.3, 0.4) is 0 Å². The molecule has 2 rings (SSSR count). The zero-order chi connectivity index (χ0) is 20.0. The molecule has 1 aromatic rings. The predicted octanol–water partition coefficient (Wildman–Crippen LogP) is 2.77. The van der Waals surface area contributed by atoms with Gasteiger partial charge in [0, 0.05) is 5.70 Å². The van der Waals surface area contributed by atoms with Crippen LogP contribution in [0.1, 0.15) is 44.7 Å². The summed E-state index contributed by atoms with van der Waals surface area (Å²) in [6, 6.07) is 1.89. The summed E-state index contributed by atoms with van der Waals surface area (Å²) in [5.41, 5.74) is 1.23. The van der Waals surface area contributed by atoms with E-state index in [1.807, 2.05) is 0 Å². The van der Waals surface area contributed by atoms with Gasteiger partial charge in [0.1, 0.15) is 0 Å². The van der Waals surface area contributed by atoms with E-state index in [2.05, 4.69) is 17.6 Å². The molecular weight excluding hydrogens is 352 g/mol. The van der Waals surface area contributed by atoms with Gasteiger partial charge in [0.15, 0.2) is 11.5 Å². The molecule has 0 saturated carbocycles. The van der Waals surface area contributed by atoms with Crippen molar-refractivity contribution < 1.29 is 28.9 Å². The van der Waals surface area contributed by atoms with E-state index in [-0.39, 0.29) is 17.2 Å². The maximum Gasteiger partial charge on any atom is 0.338 e. The number of methoxy groups -OCH3 is 2. The highest BCUT2D eigenvalue weighted by Crippen LogP contribution is 2.40. The van der Waals surface area contributed by atoms with Crippen LogP contribution in [0.15, 0.2) is 23.4 Å². The third-order valence-corrected chi connectivity index (χ3v) is 4.31. The van der Waals surface area contributed by atoms with Crippen LogP contribution in [0.4, 0.5) is 4.79 Å². The van der Waals surface area contributed by atoms with Gasteiger partial charge in [-0.3, -0.25) is 0 Å². The number of unbranched alkanes of at least 4 members (excludes halogenated alkanes) is 2. The number of ether oxygens (including phenoxy) is 3. The molecule has 0 aromatic heterocycles. The molecule has 1 aliphatic rings. The van der Waals surface area contributed by atoms with Crippen LogP contribution in [0, 0.1) is 0 Å². The number of hydrogen-bond acceptors (Lipinski definition) is 6. The number of carbonyl (C=O) groups is 2. The van der Waals surface area contributed by atoms with Gasteiger partial charge < -0.3 is 30.0 Å². The van der Waals surface area contributed by atoms with Crippen LogP contribution in [-0.2, 0) is 9.53 Å². The van der Waals surface area contributed by atoms with Crippen molar-refractivity contribution in [3.8, 4) is 17.2 Å². The number of urea groups is 1. The van der Waals surface area contributed by atoms with Crippen LogP contribution in [-0.4, -0.2) is 37.9 Å². The van der Waals surface area contributed by atoms with Gasteiger partial charge in [-0.1, -0.05) is 19.8 Å². The molecule has 1 heterocycles. The van der Waals surface area contributed by atoms with Crippen molar-refractivity contribution in [1.29, 1.82) is 0 Å². The molecule has 1 aromatic carbocycles. The first-order valence-electron chi connectivity index (χ1n) is 8.83. The van der Waals surface area contributed by atoms with Crippen molar-refractivity contribution in [1.82, 2.24) is 10.6 Å². The summed E-state index contributed by atoms with van der Waals surface area (Å²) in [6.45, 7) is 4.02. The summed E-state index contributed by atoms with van der Waals surface area (Å²) in [5.74, 6) is -0.323. The highest BCUT2D eigenvalue weighted by atomic mass is 16.5. The van der Waals surface area contributed by atoms with Crippen LogP contribution < -0.4 is 20.1 Å². The second-order valence-electron chi connectivity index (χ2n) is 6.19. The van der Waals surface area contributed by atoms with Crippen molar-refractivity contribution in [3.05, 3.63) is 29.0 Å². The largest absolute Gasteiger partial charge is 0.502 e. The molecule has 0 fully saturated rings. The maximum atomic E-state index is 12.7. The Kier molecular flexibility index (Phi) is 6.92. The molecule has 8 heteroatoms. The summed E-state index contributed by atoms with van der Waals surface area (Å²) >= 11 is 0. The third-order valence-electron chi connectivity index (χ3n) is 4.31. The molecule has 1 atom stereocenters. The van der Waals surface area contributed by atoms with E-state index in [1.165, 1.54) is 14.2 Å². The molecule has 0 saturated heterocycles. The number of hydrogen-bond donors (Lipinski definition) is 3. The van der Waals surface area contributed by atoms with E-state index >= 15 is 0 Å². The quantitative estimate of drug-likeness (QED) is 0.474. The van der Waals surface area contributed by atoms with E-state index in [0.717, 1.165) is 19.3 Å². The number of carbonyl (C=O) groups excluding carboxylic acids is 2. The molecule has 0 unspecified atom stereocenters. The average molecular weight is 378 g/mol. The second kappa shape index (κ2) is 9.16. The van der Waals surface area contributed by atoms with Crippen LogP contribution in [0.2, 0.25) is 0 Å². The molecule has 1 aliphatic heterocycles. The minimum atomic E-state index is -0.763. The standard InChI is InChI=1S/C19H26N2O6/c1-5-6-7-8-27-18(23)15-11(2)20-19(24)21-16(15)12-9-13(25-3)17(22)14(10-12)26-4/h9-10,16,22H,5-8H2,1-4H3,(H2,20,21,24)/t16-/m0/s1. The number of aromatic hydroxyl groups is 1. The fourth-order valence-electron chi connectivity index (χ4n) is 2.89. The fourth-order valence-corrected chi connectivity index (χ4v) is 2.89. The van der Waals surface area contributed by atoms with Gasteiger partial charge in [0.2, 0.25) is 5.75 Å². The summed E-state index contributed by atoms with van der Waals surface area (Å²) in [5, 5.41) is 15.4. The SMILES string of the molecule is CCCCCOC(=O)C1=C(C)NC(=O)N[C@H]1c1cc(OC)c(O)c(OC)c1. The summed E-state index contributed by atoms with van der Waals surface area (Å²) in [4.78, 5) is 24.6. The van der Waals surface area contributed by atoms with Crippen LogP contribution >= 0.6 is 0 Å². The highest BCUT2D eigenvalue weighted by Gasteiger charge is 2.33. The fraction of sp³-hybridized carbons (Fsp3) is 0.474. The molecular formula is C19H26N2O6. The van der Waals surface area contributed by atoms with E-state index < -0.39 is 18.0 Å². The van der Waals surface area contributed by atoms with Crippen molar-refractivity contribution in [2.45, 2.75) is 39.2 Å². The van der Waals surface area contributed by atoms with E-state index in [0.29, 0.717) is 23.4 Å². The number of amides is 2. The second-order valence-corrected chi connectivity index (χ2v) is 6.19. The predicted molar refractivity (Wildman–Crippen MR) is 98.8 cm³/mol. The van der Waals surface area contributed by atoms with E-state index in [1.54, 1.807) is 19.1 Å². The Hall–Kier alpha value is -2.90. The van der Waals surface area contributed by atoms with Gasteiger partial charge in [-0.2, -0.15) is 0 Å². The summed E-state index contributed by atoms with van der Waals surface area (Å²) < 4.78 is 15.7. The highest BCUT2D eigenvalue weighted by molar-refractivity contribution is 5.95. The van der Waals surface area contributed by atoms with Gasteiger partial charge in [-0.05, 0) is 31.0 Å². The summed E-state index contributed by atoms with van der Waals surface area (Å²) in [6.07, 6.45) is 2.77. The molecule has 148 valence electrons. The van der Waals surface area contributed by atoms with Gasteiger partial charge in [0.05, 0.1) is 32.4 Å². The number of phenolic OH excluding ortho intramolecular Hbond substituents is 1. The Morgan fingerprint density at radius 3 is 2.37 bits per heavy atom. The molecule has 0 aliphatic carbocycles. The van der Waals surface area contributed by atoms with Gasteiger partial charge in [0.25, 0.3) is 0 Å². The molecule has 0 radical (unpaired) electrons. The molecule has 27 heavy (non-hydrogen) atoms.